The Hall–Kier alpha value is -1.85. The first kappa shape index (κ1) is 9.24. The maximum absolute atomic E-state index is 11.0. The Morgan fingerprint density at radius 1 is 1.38 bits per heavy atom. The van der Waals surface area contributed by atoms with Crippen molar-refractivity contribution in [3.05, 3.63) is 12.2 Å². The molecule has 1 aliphatic rings. The van der Waals surface area contributed by atoms with Gasteiger partial charge in [-0.15, -0.1) is 0 Å². The predicted molar refractivity (Wildman–Crippen MR) is 41.5 cm³/mol. The standard InChI is InChI=1S/C7H8N2O4/c1-2-3(4(2)6(11)12)5(10)9-7(8)13/h3-4H,1H2,(H,11,12)(H3,8,9,10,13). The smallest absolute Gasteiger partial charge is 0.318 e. The highest BCUT2D eigenvalue weighted by atomic mass is 16.4. The minimum absolute atomic E-state index is 0.297. The monoisotopic (exact) mass is 184 g/mol. The number of carboxylic acid groups (broad SMARTS) is 1. The molecule has 0 aromatic rings. The molecule has 0 radical (unpaired) electrons. The minimum atomic E-state index is -1.12. The van der Waals surface area contributed by atoms with Gasteiger partial charge in [-0.25, -0.2) is 4.79 Å². The lowest BCUT2D eigenvalue weighted by molar-refractivity contribution is -0.139. The van der Waals surface area contributed by atoms with Crippen molar-refractivity contribution < 1.29 is 19.5 Å². The zero-order valence-electron chi connectivity index (χ0n) is 6.61. The number of nitrogens with one attached hydrogen (secondary N) is 1. The Kier molecular flexibility index (Phi) is 2.05. The van der Waals surface area contributed by atoms with Gasteiger partial charge in [-0.3, -0.25) is 14.9 Å². The van der Waals surface area contributed by atoms with Gasteiger partial charge in [0.25, 0.3) is 0 Å². The number of hydrogen-bond acceptors (Lipinski definition) is 3. The number of carboxylic acids is 1. The fraction of sp³-hybridized carbons (Fsp3) is 0.286. The number of hydrogen-bond donors (Lipinski definition) is 3. The van der Waals surface area contributed by atoms with Gasteiger partial charge >= 0.3 is 12.0 Å². The Balaban J connectivity index is 2.58. The van der Waals surface area contributed by atoms with E-state index in [9.17, 15) is 14.4 Å². The van der Waals surface area contributed by atoms with Crippen LogP contribution in [0.3, 0.4) is 0 Å². The molecule has 0 spiro atoms. The molecule has 1 fully saturated rings. The maximum atomic E-state index is 11.0. The molecule has 6 heteroatoms. The number of urea groups is 1. The second-order valence-corrected chi connectivity index (χ2v) is 2.72. The first-order valence-electron chi connectivity index (χ1n) is 3.47. The zero-order chi connectivity index (χ0) is 10.2. The largest absolute Gasteiger partial charge is 0.481 e. The van der Waals surface area contributed by atoms with E-state index in [0.717, 1.165) is 0 Å². The van der Waals surface area contributed by atoms with Crippen molar-refractivity contribution in [2.75, 3.05) is 0 Å². The quantitative estimate of drug-likeness (QED) is 0.481. The summed E-state index contributed by atoms with van der Waals surface area (Å²) in [5.74, 6) is -3.51. The van der Waals surface area contributed by atoms with Crippen LogP contribution in [0.1, 0.15) is 0 Å². The third-order valence-electron chi connectivity index (χ3n) is 1.82. The summed E-state index contributed by atoms with van der Waals surface area (Å²) in [5, 5.41) is 10.3. The number of imide groups is 1. The van der Waals surface area contributed by atoms with E-state index >= 15 is 0 Å². The molecule has 0 saturated heterocycles. The van der Waals surface area contributed by atoms with Gasteiger partial charge in [-0.05, 0) is 5.57 Å². The van der Waals surface area contributed by atoms with Crippen molar-refractivity contribution in [2.45, 2.75) is 0 Å². The van der Waals surface area contributed by atoms with E-state index in [-0.39, 0.29) is 0 Å². The third-order valence-corrected chi connectivity index (χ3v) is 1.82. The summed E-state index contributed by atoms with van der Waals surface area (Å²) in [7, 11) is 0. The number of carbonyl (C=O) groups is 3. The van der Waals surface area contributed by atoms with Crippen molar-refractivity contribution >= 4 is 17.9 Å². The summed E-state index contributed by atoms with van der Waals surface area (Å²) < 4.78 is 0. The summed E-state index contributed by atoms with van der Waals surface area (Å²) in [5.41, 5.74) is 4.98. The third kappa shape index (κ3) is 1.66. The van der Waals surface area contributed by atoms with Crippen LogP contribution in [-0.4, -0.2) is 23.0 Å². The van der Waals surface area contributed by atoms with E-state index < -0.39 is 29.7 Å². The molecule has 0 heterocycles. The number of aliphatic carboxylic acids is 1. The Morgan fingerprint density at radius 3 is 2.23 bits per heavy atom. The summed E-state index contributed by atoms with van der Waals surface area (Å²) in [4.78, 5) is 31.7. The SMILES string of the molecule is C=C1C(C(=O)O)C1C(=O)NC(N)=O. The van der Waals surface area contributed by atoms with Crippen molar-refractivity contribution in [2.24, 2.45) is 17.6 Å². The average Bonchev–Trinajstić information content (AvgIpc) is 2.59. The molecule has 0 aliphatic heterocycles. The molecule has 0 bridgehead atoms. The summed E-state index contributed by atoms with van der Waals surface area (Å²) in [6, 6.07) is -0.992. The highest BCUT2D eigenvalue weighted by Crippen LogP contribution is 2.44. The van der Waals surface area contributed by atoms with Gasteiger partial charge in [0.1, 0.15) is 0 Å². The maximum Gasteiger partial charge on any atom is 0.318 e. The highest BCUT2D eigenvalue weighted by Gasteiger charge is 2.53. The molecular formula is C7H8N2O4. The van der Waals surface area contributed by atoms with E-state index in [4.69, 9.17) is 5.11 Å². The lowest BCUT2D eigenvalue weighted by atomic mass is 10.3. The van der Waals surface area contributed by atoms with Gasteiger partial charge in [0.2, 0.25) is 5.91 Å². The molecule has 70 valence electrons. The van der Waals surface area contributed by atoms with Crippen LogP contribution in [-0.2, 0) is 9.59 Å². The lowest BCUT2D eigenvalue weighted by Gasteiger charge is -1.96. The molecular weight excluding hydrogens is 176 g/mol. The Morgan fingerprint density at radius 2 is 1.92 bits per heavy atom. The fourth-order valence-electron chi connectivity index (χ4n) is 1.13. The van der Waals surface area contributed by atoms with Crippen LogP contribution in [0.2, 0.25) is 0 Å². The predicted octanol–water partition coefficient (Wildman–Crippen LogP) is -0.932. The lowest BCUT2D eigenvalue weighted by Crippen LogP contribution is -2.36. The molecule has 13 heavy (non-hydrogen) atoms. The first-order chi connectivity index (χ1) is 5.95. The van der Waals surface area contributed by atoms with Gasteiger partial charge in [0.15, 0.2) is 0 Å². The van der Waals surface area contributed by atoms with Gasteiger partial charge in [-0.2, -0.15) is 0 Å². The number of nitrogens with two attached hydrogens (primary N) is 1. The average molecular weight is 184 g/mol. The Bertz CT molecular complexity index is 310. The fourth-order valence-corrected chi connectivity index (χ4v) is 1.13. The molecule has 2 atom stereocenters. The van der Waals surface area contributed by atoms with Gasteiger partial charge in [0, 0.05) is 0 Å². The topological polar surface area (TPSA) is 109 Å². The summed E-state index contributed by atoms with van der Waals surface area (Å²) >= 11 is 0. The van der Waals surface area contributed by atoms with E-state index in [0.29, 0.717) is 5.57 Å². The second-order valence-electron chi connectivity index (χ2n) is 2.72. The van der Waals surface area contributed by atoms with Crippen molar-refractivity contribution in [1.82, 2.24) is 5.32 Å². The molecule has 1 saturated carbocycles. The molecule has 4 N–H and O–H groups in total. The first-order valence-corrected chi connectivity index (χ1v) is 3.47. The van der Waals surface area contributed by atoms with Crippen LogP contribution >= 0.6 is 0 Å². The van der Waals surface area contributed by atoms with Gasteiger partial charge in [0.05, 0.1) is 11.8 Å². The molecule has 1 aliphatic carbocycles. The van der Waals surface area contributed by atoms with Crippen LogP contribution in [0.15, 0.2) is 12.2 Å². The van der Waals surface area contributed by atoms with Crippen molar-refractivity contribution in [3.63, 3.8) is 0 Å². The van der Waals surface area contributed by atoms with E-state index in [1.807, 2.05) is 0 Å². The van der Waals surface area contributed by atoms with Crippen LogP contribution in [0.5, 0.6) is 0 Å². The Labute approximate surface area is 73.4 Å². The molecule has 2 unspecified atom stereocenters. The van der Waals surface area contributed by atoms with Gasteiger partial charge < -0.3 is 10.8 Å². The number of rotatable bonds is 2. The van der Waals surface area contributed by atoms with Crippen LogP contribution in [0.25, 0.3) is 0 Å². The van der Waals surface area contributed by atoms with Crippen LogP contribution < -0.4 is 11.1 Å². The van der Waals surface area contributed by atoms with E-state index in [1.54, 1.807) is 5.32 Å². The minimum Gasteiger partial charge on any atom is -0.481 e. The highest BCUT2D eigenvalue weighted by molar-refractivity contribution is 6.02. The van der Waals surface area contributed by atoms with E-state index in [1.165, 1.54) is 0 Å². The van der Waals surface area contributed by atoms with Crippen molar-refractivity contribution in [1.29, 1.82) is 0 Å². The normalized spacial score (nSPS) is 25.1. The molecule has 1 rings (SSSR count). The van der Waals surface area contributed by atoms with Crippen LogP contribution in [0.4, 0.5) is 4.79 Å². The summed E-state index contributed by atoms with van der Waals surface area (Å²) in [6.45, 7) is 3.39. The van der Waals surface area contributed by atoms with Gasteiger partial charge in [-0.1, -0.05) is 6.58 Å². The number of carbonyl (C=O) groups excluding carboxylic acids is 2. The van der Waals surface area contributed by atoms with E-state index in [2.05, 4.69) is 12.3 Å². The molecule has 3 amide bonds. The van der Waals surface area contributed by atoms with Crippen molar-refractivity contribution in [3.8, 4) is 0 Å². The number of amides is 3. The zero-order valence-corrected chi connectivity index (χ0v) is 6.61. The number of primary amides is 1. The molecule has 0 aromatic carbocycles. The molecule has 0 aromatic heterocycles. The molecule has 6 nitrogen and oxygen atoms in total. The summed E-state index contributed by atoms with van der Waals surface area (Å²) in [6.07, 6.45) is 0. The van der Waals surface area contributed by atoms with Crippen LogP contribution in [0, 0.1) is 11.8 Å². The second kappa shape index (κ2) is 2.89.